The first-order chi connectivity index (χ1) is 8.83. The van der Waals surface area contributed by atoms with Gasteiger partial charge in [0, 0.05) is 25.3 Å². The number of rotatable bonds is 4. The normalized spacial score (nSPS) is 17.3. The molecule has 1 aliphatic heterocycles. The molecule has 0 unspecified atom stereocenters. The maximum absolute atomic E-state index is 9.02. The van der Waals surface area contributed by atoms with E-state index >= 15 is 0 Å². The van der Waals surface area contributed by atoms with E-state index in [0.29, 0.717) is 11.6 Å². The molecular weight excluding hydrogens is 224 g/mol. The zero-order valence-corrected chi connectivity index (χ0v) is 10.9. The molecule has 0 amide bonds. The van der Waals surface area contributed by atoms with E-state index in [-0.39, 0.29) is 0 Å². The van der Waals surface area contributed by atoms with Crippen LogP contribution in [0.15, 0.2) is 18.3 Å². The average Bonchev–Trinajstić information content (AvgIpc) is 2.42. The molecular formula is C14H20N4. The van der Waals surface area contributed by atoms with Gasteiger partial charge in [-0.25, -0.2) is 4.98 Å². The predicted molar refractivity (Wildman–Crippen MR) is 72.3 cm³/mol. The fourth-order valence-corrected chi connectivity index (χ4v) is 2.42. The fourth-order valence-electron chi connectivity index (χ4n) is 2.42. The van der Waals surface area contributed by atoms with Gasteiger partial charge >= 0.3 is 0 Å². The third kappa shape index (κ3) is 3.21. The van der Waals surface area contributed by atoms with Crippen LogP contribution in [0.25, 0.3) is 0 Å². The highest BCUT2D eigenvalue weighted by atomic mass is 15.1. The fraction of sp³-hybridized carbons (Fsp3) is 0.571. The number of pyridine rings is 1. The third-order valence-corrected chi connectivity index (χ3v) is 3.40. The van der Waals surface area contributed by atoms with E-state index in [4.69, 9.17) is 5.26 Å². The minimum Gasteiger partial charge on any atom is -0.366 e. The summed E-state index contributed by atoms with van der Waals surface area (Å²) in [6.45, 7) is 5.69. The molecule has 4 heteroatoms. The van der Waals surface area contributed by atoms with Crippen LogP contribution in [0.2, 0.25) is 0 Å². The Kier molecular flexibility index (Phi) is 4.54. The molecule has 1 aliphatic rings. The van der Waals surface area contributed by atoms with Gasteiger partial charge in [0.2, 0.25) is 0 Å². The average molecular weight is 244 g/mol. The molecule has 1 fully saturated rings. The van der Waals surface area contributed by atoms with Gasteiger partial charge in [0.05, 0.1) is 5.56 Å². The molecule has 1 N–H and O–H groups in total. The van der Waals surface area contributed by atoms with Crippen LogP contribution in [0, 0.1) is 11.3 Å². The number of anilines is 1. The summed E-state index contributed by atoms with van der Waals surface area (Å²) >= 11 is 0. The second-order valence-corrected chi connectivity index (χ2v) is 4.77. The topological polar surface area (TPSA) is 52.0 Å². The van der Waals surface area contributed by atoms with E-state index in [0.717, 1.165) is 31.7 Å². The van der Waals surface area contributed by atoms with E-state index in [2.05, 4.69) is 28.2 Å². The second kappa shape index (κ2) is 6.36. The molecule has 2 heterocycles. The molecule has 1 aromatic heterocycles. The molecule has 0 saturated carbocycles. The summed E-state index contributed by atoms with van der Waals surface area (Å²) in [5.41, 5.74) is 0.633. The van der Waals surface area contributed by atoms with Crippen molar-refractivity contribution in [3.8, 4) is 6.07 Å². The van der Waals surface area contributed by atoms with E-state index in [9.17, 15) is 0 Å². The summed E-state index contributed by atoms with van der Waals surface area (Å²) in [6, 6.07) is 6.23. The Morgan fingerprint density at radius 3 is 2.94 bits per heavy atom. The minimum absolute atomic E-state index is 0.445. The number of nitrogens with zero attached hydrogens (tertiary/aromatic N) is 3. The molecule has 0 atom stereocenters. The lowest BCUT2D eigenvalue weighted by Crippen LogP contribution is -2.39. The van der Waals surface area contributed by atoms with E-state index in [1.165, 1.54) is 13.0 Å². The van der Waals surface area contributed by atoms with Crippen LogP contribution < -0.4 is 5.32 Å². The number of aromatic nitrogens is 1. The Balaban J connectivity index is 1.90. The number of likely N-dealkylation sites (tertiary alicyclic amines) is 1. The molecule has 0 bridgehead atoms. The minimum atomic E-state index is 0.445. The van der Waals surface area contributed by atoms with Crippen molar-refractivity contribution in [1.29, 1.82) is 5.26 Å². The van der Waals surface area contributed by atoms with Gasteiger partial charge < -0.3 is 10.2 Å². The maximum Gasteiger partial charge on any atom is 0.144 e. The van der Waals surface area contributed by atoms with Gasteiger partial charge in [-0.1, -0.05) is 6.92 Å². The quantitative estimate of drug-likeness (QED) is 0.882. The van der Waals surface area contributed by atoms with Crippen LogP contribution in [0.3, 0.4) is 0 Å². The Morgan fingerprint density at radius 1 is 1.50 bits per heavy atom. The van der Waals surface area contributed by atoms with Crippen molar-refractivity contribution < 1.29 is 0 Å². The molecule has 0 aromatic carbocycles. The van der Waals surface area contributed by atoms with Crippen LogP contribution in [-0.4, -0.2) is 35.6 Å². The highest BCUT2D eigenvalue weighted by molar-refractivity contribution is 5.51. The largest absolute Gasteiger partial charge is 0.366 e. The molecule has 0 radical (unpaired) electrons. The zero-order valence-electron chi connectivity index (χ0n) is 10.9. The van der Waals surface area contributed by atoms with E-state index in [1.54, 1.807) is 12.3 Å². The van der Waals surface area contributed by atoms with Crippen molar-refractivity contribution in [3.63, 3.8) is 0 Å². The first kappa shape index (κ1) is 12.8. The molecule has 0 spiro atoms. The van der Waals surface area contributed by atoms with E-state index in [1.807, 2.05) is 6.07 Å². The molecule has 2 rings (SSSR count). The lowest BCUT2D eigenvalue weighted by atomic mass is 10.0. The lowest BCUT2D eigenvalue weighted by Gasteiger charge is -2.32. The Hall–Kier alpha value is -1.60. The van der Waals surface area contributed by atoms with Gasteiger partial charge in [-0.05, 0) is 37.9 Å². The van der Waals surface area contributed by atoms with Gasteiger partial charge in [-0.2, -0.15) is 5.26 Å². The van der Waals surface area contributed by atoms with E-state index < -0.39 is 0 Å². The maximum atomic E-state index is 9.02. The van der Waals surface area contributed by atoms with Crippen molar-refractivity contribution in [2.24, 2.45) is 0 Å². The predicted octanol–water partition coefficient (Wildman–Crippen LogP) is 2.24. The van der Waals surface area contributed by atoms with Crippen molar-refractivity contribution >= 4 is 5.82 Å². The summed E-state index contributed by atoms with van der Waals surface area (Å²) in [7, 11) is 0. The highest BCUT2D eigenvalue weighted by Gasteiger charge is 2.19. The highest BCUT2D eigenvalue weighted by Crippen LogP contribution is 2.17. The number of nitrogens with one attached hydrogen (secondary N) is 1. The zero-order chi connectivity index (χ0) is 12.8. The monoisotopic (exact) mass is 244 g/mol. The van der Waals surface area contributed by atoms with Crippen LogP contribution in [-0.2, 0) is 0 Å². The van der Waals surface area contributed by atoms with Crippen molar-refractivity contribution in [1.82, 2.24) is 9.88 Å². The molecule has 4 nitrogen and oxygen atoms in total. The van der Waals surface area contributed by atoms with Crippen molar-refractivity contribution in [3.05, 3.63) is 23.9 Å². The van der Waals surface area contributed by atoms with Crippen molar-refractivity contribution in [2.75, 3.05) is 25.0 Å². The van der Waals surface area contributed by atoms with Crippen LogP contribution >= 0.6 is 0 Å². The summed E-state index contributed by atoms with van der Waals surface area (Å²) in [6.07, 6.45) is 5.20. The SMILES string of the molecule is CCCN1CCC(Nc2ncccc2C#N)CC1. The number of hydrogen-bond donors (Lipinski definition) is 1. The first-order valence-corrected chi connectivity index (χ1v) is 6.67. The van der Waals surface area contributed by atoms with Crippen molar-refractivity contribution in [2.45, 2.75) is 32.2 Å². The number of hydrogen-bond acceptors (Lipinski definition) is 4. The van der Waals surface area contributed by atoms with Crippen LogP contribution in [0.5, 0.6) is 0 Å². The summed E-state index contributed by atoms with van der Waals surface area (Å²) in [5, 5.41) is 12.4. The molecule has 1 aromatic rings. The number of piperidine rings is 1. The summed E-state index contributed by atoms with van der Waals surface area (Å²) in [5.74, 6) is 0.731. The molecule has 18 heavy (non-hydrogen) atoms. The standard InChI is InChI=1S/C14H20N4/c1-2-8-18-9-5-13(6-10-18)17-14-12(11-15)4-3-7-16-14/h3-4,7,13H,2,5-6,8-10H2,1H3,(H,16,17). The third-order valence-electron chi connectivity index (χ3n) is 3.40. The van der Waals surface area contributed by atoms with Gasteiger partial charge in [0.25, 0.3) is 0 Å². The van der Waals surface area contributed by atoms with Gasteiger partial charge in [0.15, 0.2) is 0 Å². The second-order valence-electron chi connectivity index (χ2n) is 4.77. The summed E-state index contributed by atoms with van der Waals surface area (Å²) < 4.78 is 0. The Bertz CT molecular complexity index is 416. The Labute approximate surface area is 109 Å². The lowest BCUT2D eigenvalue weighted by molar-refractivity contribution is 0.219. The smallest absolute Gasteiger partial charge is 0.144 e. The van der Waals surface area contributed by atoms with Gasteiger partial charge in [-0.15, -0.1) is 0 Å². The van der Waals surface area contributed by atoms with Gasteiger partial charge in [-0.3, -0.25) is 0 Å². The first-order valence-electron chi connectivity index (χ1n) is 6.67. The Morgan fingerprint density at radius 2 is 2.28 bits per heavy atom. The molecule has 1 saturated heterocycles. The van der Waals surface area contributed by atoms with Crippen LogP contribution in [0.1, 0.15) is 31.7 Å². The van der Waals surface area contributed by atoms with Crippen LogP contribution in [0.4, 0.5) is 5.82 Å². The molecule has 96 valence electrons. The number of nitriles is 1. The summed E-state index contributed by atoms with van der Waals surface area (Å²) in [4.78, 5) is 6.75. The molecule has 0 aliphatic carbocycles. The van der Waals surface area contributed by atoms with Gasteiger partial charge in [0.1, 0.15) is 11.9 Å².